The van der Waals surface area contributed by atoms with E-state index in [0.29, 0.717) is 28.6 Å². The van der Waals surface area contributed by atoms with Crippen LogP contribution in [0.25, 0.3) is 0 Å². The molecule has 0 spiro atoms. The second-order valence-corrected chi connectivity index (χ2v) is 12.4. The molecule has 2 atom stereocenters. The van der Waals surface area contributed by atoms with Crippen molar-refractivity contribution in [3.63, 3.8) is 0 Å². The van der Waals surface area contributed by atoms with Gasteiger partial charge in [-0.15, -0.1) is 22.0 Å². The van der Waals surface area contributed by atoms with Crippen LogP contribution in [0.1, 0.15) is 21.3 Å². The highest BCUT2D eigenvalue weighted by atomic mass is 79.9. The van der Waals surface area contributed by atoms with Crippen LogP contribution < -0.4 is 10.1 Å². The number of hydrogen-bond donors (Lipinski definition) is 2. The molecule has 2 aliphatic rings. The maximum Gasteiger partial charge on any atom is 0.352 e. The molecule has 1 fully saturated rings. The fourth-order valence-electron chi connectivity index (χ4n) is 3.76. The van der Waals surface area contributed by atoms with Gasteiger partial charge in [-0.3, -0.25) is 14.5 Å². The van der Waals surface area contributed by atoms with Crippen LogP contribution in [0.3, 0.4) is 0 Å². The topological polar surface area (TPSA) is 135 Å². The number of nitrogens with zero attached hydrogens (tertiary/aromatic N) is 3. The van der Waals surface area contributed by atoms with Crippen molar-refractivity contribution in [1.29, 1.82) is 0 Å². The Hall–Kier alpha value is -2.81. The fourth-order valence-corrected chi connectivity index (χ4v) is 7.32. The Morgan fingerprint density at radius 3 is 2.76 bits per heavy atom. The van der Waals surface area contributed by atoms with E-state index in [4.69, 9.17) is 9.15 Å². The van der Waals surface area contributed by atoms with Crippen molar-refractivity contribution in [3.8, 4) is 5.75 Å². The first-order valence-corrected chi connectivity index (χ1v) is 14.6. The Bertz CT molecular complexity index is 1390. The number of furan rings is 1. The number of carboxylic acids is 1. The standard InChI is InChI=1S/C23H19BrN4O6S3/c1-11-26-27-23(37-11)36-10-12-9-35-21-17(20(30)28(21)18(12)22(31)32)25-19(29)16-7-6-15(34-16)8-33-14-4-2-13(24)3-5-14/h2-7,17,21H,8-10H2,1H3,(H,25,29)(H,31,32)/t17-,21-/m0/s1. The van der Waals surface area contributed by atoms with Gasteiger partial charge < -0.3 is 19.6 Å². The molecule has 0 aliphatic carbocycles. The highest BCUT2D eigenvalue weighted by molar-refractivity contribution is 9.10. The zero-order valence-corrected chi connectivity index (χ0v) is 23.2. The van der Waals surface area contributed by atoms with Gasteiger partial charge in [0.05, 0.1) is 0 Å². The van der Waals surface area contributed by atoms with Gasteiger partial charge >= 0.3 is 5.97 Å². The van der Waals surface area contributed by atoms with E-state index in [1.807, 2.05) is 19.1 Å². The number of aryl methyl sites for hydroxylation is 1. The first kappa shape index (κ1) is 25.8. The first-order valence-electron chi connectivity index (χ1n) is 10.9. The van der Waals surface area contributed by atoms with Crippen LogP contribution in [-0.2, 0) is 16.2 Å². The number of benzene rings is 1. The predicted molar refractivity (Wildman–Crippen MR) is 142 cm³/mol. The number of β-lactam (4-membered cyclic amide) rings is 1. The number of aliphatic carboxylic acids is 1. The third-order valence-electron chi connectivity index (χ3n) is 5.49. The molecule has 0 unspecified atom stereocenters. The van der Waals surface area contributed by atoms with Crippen molar-refractivity contribution >= 4 is 68.6 Å². The Labute approximate surface area is 232 Å². The second-order valence-electron chi connectivity index (χ2n) is 8.00. The summed E-state index contributed by atoms with van der Waals surface area (Å²) in [6.07, 6.45) is 0. The van der Waals surface area contributed by atoms with Crippen LogP contribution in [0.4, 0.5) is 0 Å². The van der Waals surface area contributed by atoms with E-state index in [2.05, 4.69) is 31.4 Å². The molecule has 4 heterocycles. The molecule has 0 saturated carbocycles. The lowest BCUT2D eigenvalue weighted by atomic mass is 10.0. The molecular formula is C23H19BrN4O6S3. The number of aromatic nitrogens is 2. The number of fused-ring (bicyclic) bond motifs is 1. The van der Waals surface area contributed by atoms with Gasteiger partial charge in [-0.2, -0.15) is 0 Å². The van der Waals surface area contributed by atoms with Crippen molar-refractivity contribution in [2.24, 2.45) is 0 Å². The van der Waals surface area contributed by atoms with Crippen molar-refractivity contribution in [3.05, 3.63) is 68.7 Å². The summed E-state index contributed by atoms with van der Waals surface area (Å²) in [6, 6.07) is 9.61. The van der Waals surface area contributed by atoms with Crippen LogP contribution >= 0.6 is 50.8 Å². The van der Waals surface area contributed by atoms with E-state index in [1.54, 1.807) is 18.2 Å². The van der Waals surface area contributed by atoms with Crippen LogP contribution in [-0.4, -0.2) is 60.9 Å². The Balaban J connectivity index is 1.20. The molecule has 2 aliphatic heterocycles. The summed E-state index contributed by atoms with van der Waals surface area (Å²) in [4.78, 5) is 39.0. The van der Waals surface area contributed by atoms with Crippen molar-refractivity contribution < 1.29 is 28.6 Å². The molecule has 14 heteroatoms. The molecular weight excluding hydrogens is 604 g/mol. The predicted octanol–water partition coefficient (Wildman–Crippen LogP) is 3.93. The second kappa shape index (κ2) is 10.9. The number of halogens is 1. The Morgan fingerprint density at radius 2 is 2.05 bits per heavy atom. The average Bonchev–Trinajstić information content (AvgIpc) is 3.53. The minimum Gasteiger partial charge on any atom is -0.486 e. The Morgan fingerprint density at radius 1 is 1.27 bits per heavy atom. The molecule has 2 aromatic heterocycles. The van der Waals surface area contributed by atoms with Gasteiger partial charge in [0.1, 0.15) is 40.2 Å². The van der Waals surface area contributed by atoms with Gasteiger partial charge in [0.2, 0.25) is 0 Å². The summed E-state index contributed by atoms with van der Waals surface area (Å²) in [5.41, 5.74) is 0.601. The van der Waals surface area contributed by atoms with Gasteiger partial charge in [-0.1, -0.05) is 39.0 Å². The van der Waals surface area contributed by atoms with E-state index in [9.17, 15) is 19.5 Å². The molecule has 0 bridgehead atoms. The molecule has 10 nitrogen and oxygen atoms in total. The summed E-state index contributed by atoms with van der Waals surface area (Å²) in [5.74, 6) is -0.248. The molecule has 192 valence electrons. The number of nitrogens with one attached hydrogen (secondary N) is 1. The number of carboxylic acid groups (broad SMARTS) is 1. The van der Waals surface area contributed by atoms with Gasteiger partial charge in [0.25, 0.3) is 11.8 Å². The number of carbonyl (C=O) groups excluding carboxylic acids is 2. The molecule has 37 heavy (non-hydrogen) atoms. The van der Waals surface area contributed by atoms with E-state index in [1.165, 1.54) is 45.8 Å². The third-order valence-corrected chi connectivity index (χ3v) is 9.42. The highest BCUT2D eigenvalue weighted by Crippen LogP contribution is 2.42. The minimum atomic E-state index is -1.17. The third kappa shape index (κ3) is 5.56. The van der Waals surface area contributed by atoms with Crippen LogP contribution in [0.2, 0.25) is 0 Å². The monoisotopic (exact) mass is 622 g/mol. The maximum absolute atomic E-state index is 12.9. The largest absolute Gasteiger partial charge is 0.486 e. The normalized spacial score (nSPS) is 18.9. The van der Waals surface area contributed by atoms with Crippen LogP contribution in [0, 0.1) is 6.92 Å². The molecule has 2 N–H and O–H groups in total. The van der Waals surface area contributed by atoms with E-state index in [0.717, 1.165) is 13.8 Å². The lowest BCUT2D eigenvalue weighted by Gasteiger charge is -2.49. The number of ether oxygens (including phenoxy) is 1. The highest BCUT2D eigenvalue weighted by Gasteiger charge is 2.54. The number of rotatable bonds is 9. The molecule has 2 amide bonds. The lowest BCUT2D eigenvalue weighted by molar-refractivity contribution is -0.148. The van der Waals surface area contributed by atoms with Crippen molar-refractivity contribution in [1.82, 2.24) is 20.4 Å². The van der Waals surface area contributed by atoms with Gasteiger partial charge in [0, 0.05) is 16.0 Å². The van der Waals surface area contributed by atoms with Crippen LogP contribution in [0.5, 0.6) is 5.75 Å². The summed E-state index contributed by atoms with van der Waals surface area (Å²) in [5, 5.41) is 20.8. The summed E-state index contributed by atoms with van der Waals surface area (Å²) in [7, 11) is 0. The van der Waals surface area contributed by atoms with E-state index >= 15 is 0 Å². The zero-order valence-electron chi connectivity index (χ0n) is 19.2. The molecule has 0 radical (unpaired) electrons. The first-order chi connectivity index (χ1) is 17.8. The minimum absolute atomic E-state index is 0.0293. The summed E-state index contributed by atoms with van der Waals surface area (Å²) in [6.45, 7) is 1.98. The average molecular weight is 624 g/mol. The van der Waals surface area contributed by atoms with Gasteiger partial charge in [-0.25, -0.2) is 4.79 Å². The van der Waals surface area contributed by atoms with Crippen molar-refractivity contribution in [2.75, 3.05) is 11.5 Å². The number of thioether (sulfide) groups is 2. The lowest BCUT2D eigenvalue weighted by Crippen LogP contribution is -2.70. The van der Waals surface area contributed by atoms with Crippen molar-refractivity contribution in [2.45, 2.75) is 29.3 Å². The molecule has 1 aromatic carbocycles. The quantitative estimate of drug-likeness (QED) is 0.267. The maximum atomic E-state index is 12.9. The SMILES string of the molecule is Cc1nnc(SCC2=C(C(=O)O)N3C(=O)[C@H](NC(=O)c4ccc(COc5ccc(Br)cc5)o4)[C@@H]3SC2)s1. The molecule has 5 rings (SSSR count). The molecule has 3 aromatic rings. The number of amides is 2. The smallest absolute Gasteiger partial charge is 0.352 e. The van der Waals surface area contributed by atoms with Gasteiger partial charge in [0.15, 0.2) is 10.1 Å². The summed E-state index contributed by atoms with van der Waals surface area (Å²) < 4.78 is 12.9. The zero-order chi connectivity index (χ0) is 26.1. The number of hydrogen-bond acceptors (Lipinski definition) is 10. The summed E-state index contributed by atoms with van der Waals surface area (Å²) >= 11 is 7.59. The van der Waals surface area contributed by atoms with Gasteiger partial charge in [-0.05, 0) is 48.9 Å². The fraction of sp³-hybridized carbons (Fsp3) is 0.261. The Kier molecular flexibility index (Phi) is 7.60. The van der Waals surface area contributed by atoms with E-state index < -0.39 is 29.2 Å². The van der Waals surface area contributed by atoms with Crippen LogP contribution in [0.15, 0.2) is 60.9 Å². The molecule has 1 saturated heterocycles. The number of carbonyl (C=O) groups is 3. The van der Waals surface area contributed by atoms with E-state index in [-0.39, 0.29) is 18.1 Å².